The number of benzene rings is 1. The van der Waals surface area contributed by atoms with E-state index in [0.29, 0.717) is 35.0 Å². The van der Waals surface area contributed by atoms with E-state index in [1.807, 2.05) is 18.2 Å². The SMILES string of the molecule is CCOC(=O)c1c(C)[nH]c(C=NO)c1Cc1cccc(Cl)c1. The average molecular weight is 321 g/mol. The molecule has 6 heteroatoms. The predicted octanol–water partition coefficient (Wildman–Crippen LogP) is 3.55. The van der Waals surface area contributed by atoms with E-state index in [1.54, 1.807) is 19.9 Å². The Morgan fingerprint density at radius 1 is 1.50 bits per heavy atom. The fourth-order valence-electron chi connectivity index (χ4n) is 2.38. The number of aryl methyl sites for hydroxylation is 1. The Morgan fingerprint density at radius 2 is 2.27 bits per heavy atom. The van der Waals surface area contributed by atoms with Gasteiger partial charge < -0.3 is 14.9 Å². The smallest absolute Gasteiger partial charge is 0.340 e. The number of nitrogens with zero attached hydrogens (tertiary/aromatic N) is 1. The second-order valence-electron chi connectivity index (χ2n) is 4.79. The molecule has 116 valence electrons. The minimum Gasteiger partial charge on any atom is -0.462 e. The number of carbonyl (C=O) groups excluding carboxylic acids is 1. The van der Waals surface area contributed by atoms with Crippen molar-refractivity contribution in [1.82, 2.24) is 4.98 Å². The van der Waals surface area contributed by atoms with E-state index in [-0.39, 0.29) is 0 Å². The summed E-state index contributed by atoms with van der Waals surface area (Å²) >= 11 is 6.00. The first-order valence-corrected chi connectivity index (χ1v) is 7.25. The summed E-state index contributed by atoms with van der Waals surface area (Å²) in [7, 11) is 0. The molecular formula is C16H17ClN2O3. The quantitative estimate of drug-likeness (QED) is 0.383. The number of aromatic nitrogens is 1. The Labute approximate surface area is 133 Å². The Bertz CT molecular complexity index is 707. The molecule has 0 amide bonds. The van der Waals surface area contributed by atoms with E-state index in [1.165, 1.54) is 6.21 Å². The second-order valence-corrected chi connectivity index (χ2v) is 5.23. The van der Waals surface area contributed by atoms with Crippen molar-refractivity contribution in [3.63, 3.8) is 0 Å². The first-order chi connectivity index (χ1) is 10.6. The van der Waals surface area contributed by atoms with Gasteiger partial charge in [0.15, 0.2) is 0 Å². The number of H-pyrrole nitrogens is 1. The summed E-state index contributed by atoms with van der Waals surface area (Å²) in [5, 5.41) is 12.5. The minimum atomic E-state index is -0.397. The number of rotatable bonds is 5. The molecule has 0 unspecified atom stereocenters. The molecule has 22 heavy (non-hydrogen) atoms. The molecule has 2 N–H and O–H groups in total. The van der Waals surface area contributed by atoms with Gasteiger partial charge in [-0.05, 0) is 37.1 Å². The topological polar surface area (TPSA) is 74.7 Å². The lowest BCUT2D eigenvalue weighted by atomic mass is 10.0. The lowest BCUT2D eigenvalue weighted by Gasteiger charge is -2.07. The second kappa shape index (κ2) is 7.13. The summed E-state index contributed by atoms with van der Waals surface area (Å²) in [5.74, 6) is -0.397. The molecule has 0 saturated heterocycles. The van der Waals surface area contributed by atoms with E-state index >= 15 is 0 Å². The molecule has 0 radical (unpaired) electrons. The average Bonchev–Trinajstić information content (AvgIpc) is 2.75. The van der Waals surface area contributed by atoms with Crippen molar-refractivity contribution in [3.8, 4) is 0 Å². The third-order valence-corrected chi connectivity index (χ3v) is 3.50. The molecule has 2 aromatic rings. The number of carbonyl (C=O) groups is 1. The molecule has 0 aliphatic heterocycles. The Kier molecular flexibility index (Phi) is 5.22. The number of halogens is 1. The molecule has 0 aliphatic rings. The highest BCUT2D eigenvalue weighted by Crippen LogP contribution is 2.23. The fourth-order valence-corrected chi connectivity index (χ4v) is 2.60. The van der Waals surface area contributed by atoms with Gasteiger partial charge in [-0.15, -0.1) is 0 Å². The molecule has 1 heterocycles. The van der Waals surface area contributed by atoms with Crippen LogP contribution < -0.4 is 0 Å². The molecule has 1 aromatic heterocycles. The van der Waals surface area contributed by atoms with Gasteiger partial charge in [-0.2, -0.15) is 0 Å². The minimum absolute atomic E-state index is 0.295. The molecule has 1 aromatic carbocycles. The van der Waals surface area contributed by atoms with Gasteiger partial charge >= 0.3 is 5.97 Å². The van der Waals surface area contributed by atoms with Gasteiger partial charge in [0.1, 0.15) is 0 Å². The molecule has 5 nitrogen and oxygen atoms in total. The normalized spacial score (nSPS) is 11.0. The van der Waals surface area contributed by atoms with Crippen LogP contribution in [0.4, 0.5) is 0 Å². The fraction of sp³-hybridized carbons (Fsp3) is 0.250. The molecule has 2 rings (SSSR count). The Balaban J connectivity index is 2.48. The predicted molar refractivity (Wildman–Crippen MR) is 85.1 cm³/mol. The molecule has 0 spiro atoms. The molecule has 0 bridgehead atoms. The first kappa shape index (κ1) is 16.1. The summed E-state index contributed by atoms with van der Waals surface area (Å²) in [6.07, 6.45) is 1.75. The number of hydrogen-bond acceptors (Lipinski definition) is 4. The van der Waals surface area contributed by atoms with E-state index in [9.17, 15) is 4.79 Å². The van der Waals surface area contributed by atoms with Gasteiger partial charge in [-0.25, -0.2) is 4.79 Å². The Morgan fingerprint density at radius 3 is 2.91 bits per heavy atom. The van der Waals surface area contributed by atoms with Crippen LogP contribution in [0.5, 0.6) is 0 Å². The maximum absolute atomic E-state index is 12.2. The third kappa shape index (κ3) is 3.49. The van der Waals surface area contributed by atoms with Crippen LogP contribution in [-0.4, -0.2) is 29.0 Å². The number of ether oxygens (including phenoxy) is 1. The van der Waals surface area contributed by atoms with Gasteiger partial charge in [-0.3, -0.25) is 0 Å². The summed E-state index contributed by atoms with van der Waals surface area (Å²) in [6, 6.07) is 7.39. The molecule has 0 atom stereocenters. The van der Waals surface area contributed by atoms with E-state index in [0.717, 1.165) is 11.1 Å². The summed E-state index contributed by atoms with van der Waals surface area (Å²) in [4.78, 5) is 15.2. The van der Waals surface area contributed by atoms with Crippen molar-refractivity contribution in [2.24, 2.45) is 5.16 Å². The van der Waals surface area contributed by atoms with Gasteiger partial charge in [0.25, 0.3) is 0 Å². The molecular weight excluding hydrogens is 304 g/mol. The lowest BCUT2D eigenvalue weighted by Crippen LogP contribution is -2.09. The van der Waals surface area contributed by atoms with Crippen LogP contribution in [0.1, 0.15) is 39.8 Å². The number of nitrogens with one attached hydrogen (secondary N) is 1. The highest BCUT2D eigenvalue weighted by atomic mass is 35.5. The van der Waals surface area contributed by atoms with Gasteiger partial charge in [-0.1, -0.05) is 28.9 Å². The van der Waals surface area contributed by atoms with Crippen molar-refractivity contribution >= 4 is 23.8 Å². The van der Waals surface area contributed by atoms with Crippen molar-refractivity contribution in [2.45, 2.75) is 20.3 Å². The van der Waals surface area contributed by atoms with Crippen molar-refractivity contribution in [1.29, 1.82) is 0 Å². The highest BCUT2D eigenvalue weighted by molar-refractivity contribution is 6.30. The third-order valence-electron chi connectivity index (χ3n) is 3.26. The molecule has 0 saturated carbocycles. The van der Waals surface area contributed by atoms with E-state index < -0.39 is 5.97 Å². The lowest BCUT2D eigenvalue weighted by molar-refractivity contribution is 0.0524. The van der Waals surface area contributed by atoms with Crippen LogP contribution in [0.3, 0.4) is 0 Å². The number of hydrogen-bond donors (Lipinski definition) is 2. The Hall–Kier alpha value is -2.27. The van der Waals surface area contributed by atoms with Crippen LogP contribution in [-0.2, 0) is 11.2 Å². The van der Waals surface area contributed by atoms with Crippen molar-refractivity contribution in [3.05, 3.63) is 57.4 Å². The van der Waals surface area contributed by atoms with Crippen LogP contribution >= 0.6 is 11.6 Å². The largest absolute Gasteiger partial charge is 0.462 e. The van der Waals surface area contributed by atoms with Crippen LogP contribution in [0.15, 0.2) is 29.4 Å². The monoisotopic (exact) mass is 320 g/mol. The molecule has 0 aliphatic carbocycles. The van der Waals surface area contributed by atoms with Crippen LogP contribution in [0.2, 0.25) is 5.02 Å². The standard InChI is InChI=1S/C16H17ClN2O3/c1-3-22-16(20)15-10(2)19-14(9-18-21)13(15)8-11-5-4-6-12(17)7-11/h4-7,9,19,21H,3,8H2,1-2H3. The van der Waals surface area contributed by atoms with Crippen LogP contribution in [0.25, 0.3) is 0 Å². The first-order valence-electron chi connectivity index (χ1n) is 6.87. The van der Waals surface area contributed by atoms with Gasteiger partial charge in [0.05, 0.1) is 24.1 Å². The number of aromatic amines is 1. The maximum Gasteiger partial charge on any atom is 0.340 e. The van der Waals surface area contributed by atoms with Gasteiger partial charge in [0, 0.05) is 17.1 Å². The van der Waals surface area contributed by atoms with E-state index in [4.69, 9.17) is 21.5 Å². The van der Waals surface area contributed by atoms with Crippen molar-refractivity contribution in [2.75, 3.05) is 6.61 Å². The van der Waals surface area contributed by atoms with E-state index in [2.05, 4.69) is 10.1 Å². The number of oxime groups is 1. The highest BCUT2D eigenvalue weighted by Gasteiger charge is 2.21. The van der Waals surface area contributed by atoms with Crippen molar-refractivity contribution < 1.29 is 14.7 Å². The molecule has 0 fully saturated rings. The zero-order valence-corrected chi connectivity index (χ0v) is 13.1. The maximum atomic E-state index is 12.2. The summed E-state index contributed by atoms with van der Waals surface area (Å²) in [6.45, 7) is 3.83. The summed E-state index contributed by atoms with van der Waals surface area (Å²) < 4.78 is 5.11. The van der Waals surface area contributed by atoms with Gasteiger partial charge in [0.2, 0.25) is 0 Å². The zero-order chi connectivity index (χ0) is 16.1. The summed E-state index contributed by atoms with van der Waals surface area (Å²) in [5.41, 5.74) is 3.38. The number of esters is 1. The zero-order valence-electron chi connectivity index (χ0n) is 12.4. The van der Waals surface area contributed by atoms with Crippen LogP contribution in [0, 0.1) is 6.92 Å².